The van der Waals surface area contributed by atoms with Crippen LogP contribution >= 0.6 is 0 Å². The zero-order valence-electron chi connectivity index (χ0n) is 19.7. The molecule has 2 nitrogen and oxygen atoms in total. The van der Waals surface area contributed by atoms with E-state index in [0.717, 1.165) is 6.42 Å². The second-order valence-electron chi connectivity index (χ2n) is 9.13. The molecule has 0 aliphatic rings. The molecule has 0 fully saturated rings. The predicted octanol–water partition coefficient (Wildman–Crippen LogP) is 7.51. The van der Waals surface area contributed by atoms with Crippen molar-refractivity contribution in [3.63, 3.8) is 0 Å². The Morgan fingerprint density at radius 2 is 1.48 bits per heavy atom. The minimum absolute atomic E-state index is 0.310. The van der Waals surface area contributed by atoms with Gasteiger partial charge in [0.1, 0.15) is 0 Å². The minimum Gasteiger partial charge on any atom is -0.387 e. The lowest BCUT2D eigenvalue weighted by molar-refractivity contribution is 0.223. The lowest BCUT2D eigenvalue weighted by Crippen LogP contribution is -2.48. The summed E-state index contributed by atoms with van der Waals surface area (Å²) in [6.45, 7) is 19.9. The summed E-state index contributed by atoms with van der Waals surface area (Å²) in [5.74, 6) is 0. The Labute approximate surface area is 171 Å². The van der Waals surface area contributed by atoms with Crippen molar-refractivity contribution < 1.29 is 0 Å². The van der Waals surface area contributed by atoms with Gasteiger partial charge in [0, 0.05) is 23.3 Å². The average Bonchev–Trinajstić information content (AvgIpc) is 2.57. The highest BCUT2D eigenvalue weighted by Gasteiger charge is 2.29. The van der Waals surface area contributed by atoms with Crippen molar-refractivity contribution in [1.29, 1.82) is 0 Å². The van der Waals surface area contributed by atoms with Gasteiger partial charge in [-0.25, -0.2) is 0 Å². The molecule has 0 aliphatic heterocycles. The Kier molecular flexibility index (Phi) is 14.8. The topological polar surface area (TPSA) is 24.1 Å². The minimum atomic E-state index is 0.310. The lowest BCUT2D eigenvalue weighted by Gasteiger charge is -2.38. The van der Waals surface area contributed by atoms with Crippen LogP contribution in [0.2, 0.25) is 0 Å². The van der Waals surface area contributed by atoms with Gasteiger partial charge in [0.25, 0.3) is 0 Å². The third kappa shape index (κ3) is 14.0. The molecule has 1 unspecified atom stereocenters. The Morgan fingerprint density at radius 1 is 0.889 bits per heavy atom. The van der Waals surface area contributed by atoms with Gasteiger partial charge in [-0.3, -0.25) is 0 Å². The number of unbranched alkanes of at least 4 members (excludes halogenated alkanes) is 3. The van der Waals surface area contributed by atoms with Crippen LogP contribution in [0.4, 0.5) is 0 Å². The van der Waals surface area contributed by atoms with Crippen LogP contribution in [-0.4, -0.2) is 17.6 Å². The maximum atomic E-state index is 4.18. The molecule has 0 saturated heterocycles. The normalized spacial score (nSPS) is 14.6. The maximum Gasteiger partial charge on any atom is 0.0201 e. The summed E-state index contributed by atoms with van der Waals surface area (Å²) >= 11 is 0. The molecule has 0 heterocycles. The zero-order chi connectivity index (χ0) is 20.7. The summed E-state index contributed by atoms with van der Waals surface area (Å²) in [6, 6.07) is 1.04. The maximum absolute atomic E-state index is 4.18. The second-order valence-corrected chi connectivity index (χ2v) is 9.13. The molecule has 0 aliphatic carbocycles. The predicted molar refractivity (Wildman–Crippen MR) is 124 cm³/mol. The fraction of sp³-hybridized carbons (Fsp3) is 0.840. The summed E-state index contributed by atoms with van der Waals surface area (Å²) in [4.78, 5) is 0. The molecule has 0 rings (SSSR count). The van der Waals surface area contributed by atoms with Crippen LogP contribution in [-0.2, 0) is 0 Å². The Balaban J connectivity index is 4.79. The first-order valence-electron chi connectivity index (χ1n) is 11.6. The van der Waals surface area contributed by atoms with Crippen LogP contribution in [0.25, 0.3) is 0 Å². The molecule has 2 heteroatoms. The van der Waals surface area contributed by atoms with E-state index >= 15 is 0 Å². The SMILES string of the molecule is C=C(CCCCC(CCCCC)(CCC/C(C)=C/C)NC(C)C)NC(C)C. The first-order valence-corrected chi connectivity index (χ1v) is 11.6. The van der Waals surface area contributed by atoms with E-state index in [0.29, 0.717) is 17.6 Å². The van der Waals surface area contributed by atoms with Crippen molar-refractivity contribution in [2.45, 2.75) is 137 Å². The monoisotopic (exact) mass is 378 g/mol. The van der Waals surface area contributed by atoms with E-state index in [2.05, 4.69) is 71.8 Å². The van der Waals surface area contributed by atoms with Crippen molar-refractivity contribution in [2.75, 3.05) is 0 Å². The number of nitrogens with one attached hydrogen (secondary N) is 2. The second kappa shape index (κ2) is 15.2. The van der Waals surface area contributed by atoms with Crippen LogP contribution in [0, 0.1) is 0 Å². The lowest BCUT2D eigenvalue weighted by atomic mass is 9.81. The summed E-state index contributed by atoms with van der Waals surface area (Å²) in [5, 5.41) is 7.46. The van der Waals surface area contributed by atoms with Crippen molar-refractivity contribution >= 4 is 0 Å². The third-order valence-electron chi connectivity index (χ3n) is 5.45. The summed E-state index contributed by atoms with van der Waals surface area (Å²) in [5.41, 5.74) is 3.03. The highest BCUT2D eigenvalue weighted by molar-refractivity contribution is 4.97. The van der Waals surface area contributed by atoms with E-state index in [9.17, 15) is 0 Å². The molecule has 0 aromatic carbocycles. The average molecular weight is 379 g/mol. The molecule has 0 spiro atoms. The number of rotatable bonds is 17. The van der Waals surface area contributed by atoms with E-state index < -0.39 is 0 Å². The Morgan fingerprint density at radius 3 is 2.00 bits per heavy atom. The molecule has 0 bridgehead atoms. The molecule has 0 aromatic rings. The summed E-state index contributed by atoms with van der Waals surface area (Å²) < 4.78 is 0. The molecule has 0 aromatic heterocycles. The zero-order valence-corrected chi connectivity index (χ0v) is 19.7. The van der Waals surface area contributed by atoms with E-state index in [1.807, 2.05) is 0 Å². The molecule has 0 saturated carbocycles. The number of hydrogen-bond acceptors (Lipinski definition) is 2. The van der Waals surface area contributed by atoms with Gasteiger partial charge in [-0.05, 0) is 72.6 Å². The van der Waals surface area contributed by atoms with E-state index in [4.69, 9.17) is 0 Å². The Bertz CT molecular complexity index is 409. The summed E-state index contributed by atoms with van der Waals surface area (Å²) in [7, 11) is 0. The van der Waals surface area contributed by atoms with E-state index in [-0.39, 0.29) is 0 Å². The van der Waals surface area contributed by atoms with Gasteiger partial charge in [-0.1, -0.05) is 64.7 Å². The molecular formula is C25H50N2. The Hall–Kier alpha value is -0.760. The van der Waals surface area contributed by atoms with E-state index in [1.165, 1.54) is 75.5 Å². The first kappa shape index (κ1) is 26.2. The van der Waals surface area contributed by atoms with Crippen molar-refractivity contribution in [3.8, 4) is 0 Å². The molecule has 2 N–H and O–H groups in total. The smallest absolute Gasteiger partial charge is 0.0201 e. The van der Waals surface area contributed by atoms with Crippen LogP contribution in [0.5, 0.6) is 0 Å². The van der Waals surface area contributed by atoms with Crippen LogP contribution < -0.4 is 10.6 Å². The molecule has 1 atom stereocenters. The summed E-state index contributed by atoms with van der Waals surface area (Å²) in [6.07, 6.45) is 16.3. The standard InChI is InChI=1S/C25H50N2/c1-9-11-13-18-25(27-22(5)6,20-15-16-23(7)10-2)19-14-12-17-24(8)26-21(3)4/h10,21-22,26-27H,8-9,11-20H2,1-7H3/b23-10+. The number of hydrogen-bond donors (Lipinski definition) is 2. The van der Waals surface area contributed by atoms with E-state index in [1.54, 1.807) is 0 Å². The van der Waals surface area contributed by atoms with Gasteiger partial charge in [0.15, 0.2) is 0 Å². The van der Waals surface area contributed by atoms with Crippen molar-refractivity contribution in [1.82, 2.24) is 10.6 Å². The quantitative estimate of drug-likeness (QED) is 0.202. The van der Waals surface area contributed by atoms with Crippen molar-refractivity contribution in [3.05, 3.63) is 23.9 Å². The van der Waals surface area contributed by atoms with Gasteiger partial charge < -0.3 is 10.6 Å². The third-order valence-corrected chi connectivity index (χ3v) is 5.45. The van der Waals surface area contributed by atoms with Gasteiger partial charge in [0.05, 0.1) is 0 Å². The van der Waals surface area contributed by atoms with Crippen LogP contribution in [0.1, 0.15) is 119 Å². The van der Waals surface area contributed by atoms with Gasteiger partial charge in [-0.15, -0.1) is 0 Å². The van der Waals surface area contributed by atoms with Gasteiger partial charge in [0.2, 0.25) is 0 Å². The van der Waals surface area contributed by atoms with Gasteiger partial charge in [-0.2, -0.15) is 0 Å². The molecule has 27 heavy (non-hydrogen) atoms. The largest absolute Gasteiger partial charge is 0.387 e. The molecule has 160 valence electrons. The fourth-order valence-electron chi connectivity index (χ4n) is 4.05. The van der Waals surface area contributed by atoms with Crippen molar-refractivity contribution in [2.24, 2.45) is 0 Å². The first-order chi connectivity index (χ1) is 12.7. The molecule has 0 amide bonds. The fourth-order valence-corrected chi connectivity index (χ4v) is 4.05. The number of allylic oxidation sites excluding steroid dienone is 3. The highest BCUT2D eigenvalue weighted by Crippen LogP contribution is 2.30. The highest BCUT2D eigenvalue weighted by atomic mass is 15.0. The van der Waals surface area contributed by atoms with Crippen LogP contribution in [0.15, 0.2) is 23.9 Å². The van der Waals surface area contributed by atoms with Gasteiger partial charge >= 0.3 is 0 Å². The molecule has 0 radical (unpaired) electrons. The molecular weight excluding hydrogens is 328 g/mol. The van der Waals surface area contributed by atoms with Crippen LogP contribution in [0.3, 0.4) is 0 Å².